The number of amides is 1. The number of hydrogen-bond donors (Lipinski definition) is 0. The maximum absolute atomic E-state index is 12.2. The van der Waals surface area contributed by atoms with Gasteiger partial charge in [-0.1, -0.05) is 0 Å². The fourth-order valence-electron chi connectivity index (χ4n) is 2.78. The molecule has 128 valence electrons. The molecule has 0 radical (unpaired) electrons. The molecule has 0 spiro atoms. The standard InChI is InChI=1S/C16H21N5O3/c1-3-23-11-16(22)21-7-4-14-12(9-21)13(19-20(14)2)10-24-15-8-17-5-6-18-15/h5-6,8H,3-4,7,9-11H2,1-2H3. The van der Waals surface area contributed by atoms with Crippen LogP contribution in [0, 0.1) is 0 Å². The molecule has 0 fully saturated rings. The summed E-state index contributed by atoms with van der Waals surface area (Å²) in [5.74, 6) is 0.462. The molecule has 0 atom stereocenters. The number of aromatic nitrogens is 4. The van der Waals surface area contributed by atoms with Gasteiger partial charge >= 0.3 is 0 Å². The monoisotopic (exact) mass is 331 g/mol. The Bertz CT molecular complexity index is 701. The van der Waals surface area contributed by atoms with E-state index in [2.05, 4.69) is 15.1 Å². The number of nitrogens with zero attached hydrogens (tertiary/aromatic N) is 5. The fourth-order valence-corrected chi connectivity index (χ4v) is 2.78. The van der Waals surface area contributed by atoms with Crippen molar-refractivity contribution in [1.29, 1.82) is 0 Å². The van der Waals surface area contributed by atoms with Crippen molar-refractivity contribution in [2.24, 2.45) is 7.05 Å². The van der Waals surface area contributed by atoms with E-state index in [1.165, 1.54) is 0 Å². The minimum absolute atomic E-state index is 0.00662. The first-order valence-electron chi connectivity index (χ1n) is 7.97. The van der Waals surface area contributed by atoms with Gasteiger partial charge in [0, 0.05) is 56.8 Å². The normalized spacial score (nSPS) is 13.7. The van der Waals surface area contributed by atoms with Crippen LogP contribution >= 0.6 is 0 Å². The first kappa shape index (κ1) is 16.4. The molecule has 24 heavy (non-hydrogen) atoms. The molecule has 0 aromatic carbocycles. The summed E-state index contributed by atoms with van der Waals surface area (Å²) in [6.45, 7) is 4.06. The van der Waals surface area contributed by atoms with Crippen LogP contribution in [0.1, 0.15) is 23.9 Å². The Morgan fingerprint density at radius 1 is 1.38 bits per heavy atom. The van der Waals surface area contributed by atoms with Gasteiger partial charge < -0.3 is 14.4 Å². The average molecular weight is 331 g/mol. The van der Waals surface area contributed by atoms with Crippen LogP contribution in [0.3, 0.4) is 0 Å². The van der Waals surface area contributed by atoms with E-state index in [1.54, 1.807) is 18.6 Å². The van der Waals surface area contributed by atoms with Crippen LogP contribution in [0.2, 0.25) is 0 Å². The molecule has 3 heterocycles. The van der Waals surface area contributed by atoms with Crippen LogP contribution in [0.4, 0.5) is 0 Å². The Hall–Kier alpha value is -2.48. The molecular weight excluding hydrogens is 310 g/mol. The van der Waals surface area contributed by atoms with Gasteiger partial charge in [0.2, 0.25) is 11.8 Å². The number of aryl methyl sites for hydroxylation is 1. The number of hydrogen-bond acceptors (Lipinski definition) is 6. The molecule has 8 nitrogen and oxygen atoms in total. The van der Waals surface area contributed by atoms with Gasteiger partial charge in [-0.05, 0) is 6.92 Å². The minimum atomic E-state index is 0.00662. The van der Waals surface area contributed by atoms with Crippen molar-refractivity contribution in [2.45, 2.75) is 26.5 Å². The van der Waals surface area contributed by atoms with Crippen LogP contribution in [-0.2, 0) is 36.2 Å². The van der Waals surface area contributed by atoms with Crippen LogP contribution in [0.25, 0.3) is 0 Å². The van der Waals surface area contributed by atoms with Crippen molar-refractivity contribution in [2.75, 3.05) is 19.8 Å². The number of carbonyl (C=O) groups is 1. The van der Waals surface area contributed by atoms with Crippen molar-refractivity contribution >= 4 is 5.91 Å². The summed E-state index contributed by atoms with van der Waals surface area (Å²) in [6, 6.07) is 0. The molecule has 2 aromatic rings. The predicted octanol–water partition coefficient (Wildman–Crippen LogP) is 0.710. The second kappa shape index (κ2) is 7.39. The summed E-state index contributed by atoms with van der Waals surface area (Å²) in [7, 11) is 1.92. The van der Waals surface area contributed by atoms with Crippen LogP contribution in [0.5, 0.6) is 5.88 Å². The molecule has 0 saturated heterocycles. The summed E-state index contributed by atoms with van der Waals surface area (Å²) in [6.07, 6.45) is 5.52. The summed E-state index contributed by atoms with van der Waals surface area (Å²) < 4.78 is 12.7. The number of carbonyl (C=O) groups excluding carboxylic acids is 1. The average Bonchev–Trinajstić information content (AvgIpc) is 2.94. The molecule has 0 N–H and O–H groups in total. The highest BCUT2D eigenvalue weighted by Gasteiger charge is 2.26. The molecule has 0 saturated carbocycles. The van der Waals surface area contributed by atoms with Gasteiger partial charge in [-0.15, -0.1) is 0 Å². The van der Waals surface area contributed by atoms with Crippen molar-refractivity contribution in [3.05, 3.63) is 35.5 Å². The van der Waals surface area contributed by atoms with Gasteiger partial charge in [0.1, 0.15) is 18.9 Å². The smallest absolute Gasteiger partial charge is 0.248 e. The van der Waals surface area contributed by atoms with Crippen LogP contribution < -0.4 is 4.74 Å². The second-order valence-electron chi connectivity index (χ2n) is 5.53. The summed E-state index contributed by atoms with van der Waals surface area (Å²) in [5.41, 5.74) is 3.03. The first-order chi connectivity index (χ1) is 11.7. The van der Waals surface area contributed by atoms with Gasteiger partial charge in [-0.3, -0.25) is 14.5 Å². The Balaban J connectivity index is 1.71. The molecule has 2 aromatic heterocycles. The molecule has 0 bridgehead atoms. The highest BCUT2D eigenvalue weighted by molar-refractivity contribution is 5.77. The van der Waals surface area contributed by atoms with Crippen molar-refractivity contribution in [3.63, 3.8) is 0 Å². The topological polar surface area (TPSA) is 82.4 Å². The summed E-state index contributed by atoms with van der Waals surface area (Å²) in [5, 5.41) is 4.54. The van der Waals surface area contributed by atoms with E-state index in [4.69, 9.17) is 9.47 Å². The van der Waals surface area contributed by atoms with Crippen LogP contribution in [0.15, 0.2) is 18.6 Å². The third-order valence-corrected chi connectivity index (χ3v) is 4.00. The first-order valence-corrected chi connectivity index (χ1v) is 7.97. The van der Waals surface area contributed by atoms with Gasteiger partial charge in [-0.2, -0.15) is 5.10 Å². The highest BCUT2D eigenvalue weighted by atomic mass is 16.5. The Kier molecular flexibility index (Phi) is 5.05. The van der Waals surface area contributed by atoms with Crippen LogP contribution in [-0.4, -0.2) is 50.3 Å². The maximum atomic E-state index is 12.2. The summed E-state index contributed by atoms with van der Waals surface area (Å²) in [4.78, 5) is 22.1. The largest absolute Gasteiger partial charge is 0.470 e. The number of ether oxygens (including phenoxy) is 2. The SMILES string of the molecule is CCOCC(=O)N1CCc2c(c(COc3cnccn3)nn2C)C1. The molecule has 3 rings (SSSR count). The van der Waals surface area contributed by atoms with E-state index in [1.807, 2.05) is 23.6 Å². The van der Waals surface area contributed by atoms with E-state index >= 15 is 0 Å². The Morgan fingerprint density at radius 2 is 2.25 bits per heavy atom. The minimum Gasteiger partial charge on any atom is -0.470 e. The van der Waals surface area contributed by atoms with E-state index in [0.29, 0.717) is 32.2 Å². The molecule has 1 aliphatic rings. The molecule has 0 aliphatic carbocycles. The molecular formula is C16H21N5O3. The lowest BCUT2D eigenvalue weighted by Crippen LogP contribution is -2.38. The van der Waals surface area contributed by atoms with E-state index in [9.17, 15) is 4.79 Å². The quantitative estimate of drug-likeness (QED) is 0.775. The number of rotatable bonds is 6. The Morgan fingerprint density at radius 3 is 3.00 bits per heavy atom. The van der Waals surface area contributed by atoms with Crippen molar-refractivity contribution in [3.8, 4) is 5.88 Å². The lowest BCUT2D eigenvalue weighted by atomic mass is 10.1. The van der Waals surface area contributed by atoms with Crippen molar-refractivity contribution in [1.82, 2.24) is 24.6 Å². The van der Waals surface area contributed by atoms with Gasteiger partial charge in [0.25, 0.3) is 0 Å². The second-order valence-corrected chi connectivity index (χ2v) is 5.53. The van der Waals surface area contributed by atoms with Crippen molar-refractivity contribution < 1.29 is 14.3 Å². The molecule has 0 unspecified atom stereocenters. The predicted molar refractivity (Wildman–Crippen MR) is 85.2 cm³/mol. The van der Waals surface area contributed by atoms with E-state index < -0.39 is 0 Å². The third kappa shape index (κ3) is 3.53. The Labute approximate surface area is 140 Å². The molecule has 1 aliphatic heterocycles. The van der Waals surface area contributed by atoms with E-state index in [0.717, 1.165) is 23.4 Å². The third-order valence-electron chi connectivity index (χ3n) is 4.00. The fraction of sp³-hybridized carbons (Fsp3) is 0.500. The highest BCUT2D eigenvalue weighted by Crippen LogP contribution is 2.23. The molecule has 1 amide bonds. The van der Waals surface area contributed by atoms with Gasteiger partial charge in [0.05, 0.1) is 6.20 Å². The van der Waals surface area contributed by atoms with Gasteiger partial charge in [0.15, 0.2) is 0 Å². The zero-order valence-corrected chi connectivity index (χ0v) is 13.9. The lowest BCUT2D eigenvalue weighted by molar-refractivity contribution is -0.136. The zero-order chi connectivity index (χ0) is 16.9. The number of fused-ring (bicyclic) bond motifs is 1. The zero-order valence-electron chi connectivity index (χ0n) is 13.9. The van der Waals surface area contributed by atoms with E-state index in [-0.39, 0.29) is 12.5 Å². The maximum Gasteiger partial charge on any atom is 0.248 e. The lowest BCUT2D eigenvalue weighted by Gasteiger charge is -2.27. The van der Waals surface area contributed by atoms with Gasteiger partial charge in [-0.25, -0.2) is 4.98 Å². The summed E-state index contributed by atoms with van der Waals surface area (Å²) >= 11 is 0. The molecule has 8 heteroatoms.